The molecular weight excluding hydrogens is 447 g/mol. The largest absolute Gasteiger partial charge is 0.438 e. The lowest BCUT2D eigenvalue weighted by atomic mass is 10.2. The smallest absolute Gasteiger partial charge is 0.267 e. The second-order valence-corrected chi connectivity index (χ2v) is 8.91. The first-order chi connectivity index (χ1) is 15.9. The zero-order chi connectivity index (χ0) is 23.1. The van der Waals surface area contributed by atoms with Crippen molar-refractivity contribution in [1.82, 2.24) is 19.6 Å². The van der Waals surface area contributed by atoms with Gasteiger partial charge in [-0.15, -0.1) is 16.4 Å². The van der Waals surface area contributed by atoms with Crippen molar-refractivity contribution in [3.05, 3.63) is 57.9 Å². The van der Waals surface area contributed by atoms with E-state index in [9.17, 15) is 14.0 Å². The average Bonchev–Trinajstić information content (AvgIpc) is 3.46. The number of aryl methyl sites for hydroxylation is 2. The number of benzene rings is 1. The number of nitrogens with one attached hydrogen (secondary N) is 2. The number of carbonyl (C=O) groups is 2. The maximum atomic E-state index is 14.3. The number of aromatic nitrogens is 4. The van der Waals surface area contributed by atoms with Crippen LogP contribution in [-0.4, -0.2) is 31.4 Å². The van der Waals surface area contributed by atoms with E-state index >= 15 is 0 Å². The fourth-order valence-electron chi connectivity index (χ4n) is 3.26. The summed E-state index contributed by atoms with van der Waals surface area (Å²) in [5.41, 5.74) is 1.11. The molecule has 3 aromatic heterocycles. The minimum absolute atomic E-state index is 0.0169. The third-order valence-corrected chi connectivity index (χ3v) is 6.08. The summed E-state index contributed by atoms with van der Waals surface area (Å²) >= 11 is 1.24. The first kappa shape index (κ1) is 21.0. The van der Waals surface area contributed by atoms with Crippen molar-refractivity contribution in [2.45, 2.75) is 26.7 Å². The number of thiazole rings is 1. The number of imidazole rings is 1. The molecule has 168 valence electrons. The molecule has 0 bridgehead atoms. The van der Waals surface area contributed by atoms with E-state index in [1.54, 1.807) is 32.2 Å². The Bertz CT molecular complexity index is 1390. The number of anilines is 2. The molecule has 2 N–H and O–H groups in total. The normalized spacial score (nSPS) is 13.2. The Morgan fingerprint density at radius 2 is 1.97 bits per heavy atom. The lowest BCUT2D eigenvalue weighted by Crippen LogP contribution is -2.13. The van der Waals surface area contributed by atoms with Crippen molar-refractivity contribution < 1.29 is 18.7 Å². The van der Waals surface area contributed by atoms with Gasteiger partial charge in [-0.1, -0.05) is 0 Å². The van der Waals surface area contributed by atoms with E-state index in [1.165, 1.54) is 34.1 Å². The van der Waals surface area contributed by atoms with Gasteiger partial charge in [0.15, 0.2) is 11.5 Å². The van der Waals surface area contributed by atoms with E-state index in [-0.39, 0.29) is 29.1 Å². The van der Waals surface area contributed by atoms with Gasteiger partial charge < -0.3 is 15.4 Å². The van der Waals surface area contributed by atoms with Crippen LogP contribution in [0.2, 0.25) is 0 Å². The number of amides is 2. The van der Waals surface area contributed by atoms with Gasteiger partial charge in [-0.2, -0.15) is 0 Å². The summed E-state index contributed by atoms with van der Waals surface area (Å²) in [4.78, 5) is 33.4. The second kappa shape index (κ2) is 8.24. The standard InChI is InChI=1S/C22H19FN6O3S/c1-11-20(33-12(2)24-11)22(31)25-16-9-14(5-6-15(16)23)32-19-8-7-18-26-17(10-29(18)28-19)27-21(30)13-3-4-13/h5-10,13H,3-4H2,1-2H3,(H,25,31)(H,27,30). The molecule has 4 aromatic rings. The zero-order valence-corrected chi connectivity index (χ0v) is 18.6. The summed E-state index contributed by atoms with van der Waals surface area (Å²) < 4.78 is 21.6. The summed E-state index contributed by atoms with van der Waals surface area (Å²) in [5, 5.41) is 10.4. The molecule has 0 aliphatic heterocycles. The second-order valence-electron chi connectivity index (χ2n) is 7.71. The third-order valence-electron chi connectivity index (χ3n) is 5.01. The van der Waals surface area contributed by atoms with Crippen LogP contribution in [0.15, 0.2) is 36.5 Å². The topological polar surface area (TPSA) is 111 Å². The maximum Gasteiger partial charge on any atom is 0.267 e. The van der Waals surface area contributed by atoms with Crippen molar-refractivity contribution in [2.24, 2.45) is 5.92 Å². The predicted octanol–water partition coefficient (Wildman–Crippen LogP) is 4.33. The van der Waals surface area contributed by atoms with Crippen LogP contribution in [0.3, 0.4) is 0 Å². The molecule has 0 spiro atoms. The molecule has 0 atom stereocenters. The van der Waals surface area contributed by atoms with Gasteiger partial charge in [-0.05, 0) is 44.9 Å². The Hall–Kier alpha value is -3.86. The van der Waals surface area contributed by atoms with E-state index in [2.05, 4.69) is 25.7 Å². The number of rotatable bonds is 6. The number of halogens is 1. The number of carbonyl (C=O) groups excluding carboxylic acids is 2. The number of fused-ring (bicyclic) bond motifs is 1. The molecule has 0 saturated heterocycles. The number of ether oxygens (including phenoxy) is 1. The Morgan fingerprint density at radius 1 is 1.15 bits per heavy atom. The van der Waals surface area contributed by atoms with Crippen molar-refractivity contribution >= 4 is 40.3 Å². The molecule has 0 radical (unpaired) electrons. The third kappa shape index (κ3) is 4.53. The molecule has 33 heavy (non-hydrogen) atoms. The van der Waals surface area contributed by atoms with Gasteiger partial charge >= 0.3 is 0 Å². The van der Waals surface area contributed by atoms with Crippen LogP contribution in [0.25, 0.3) is 5.65 Å². The van der Waals surface area contributed by atoms with Crippen molar-refractivity contribution in [3.8, 4) is 11.6 Å². The highest BCUT2D eigenvalue weighted by molar-refractivity contribution is 7.13. The van der Waals surface area contributed by atoms with Gasteiger partial charge in [0.1, 0.15) is 16.4 Å². The molecule has 1 aliphatic carbocycles. The van der Waals surface area contributed by atoms with Crippen molar-refractivity contribution in [1.29, 1.82) is 0 Å². The first-order valence-electron chi connectivity index (χ1n) is 10.3. The van der Waals surface area contributed by atoms with Crippen molar-refractivity contribution in [3.63, 3.8) is 0 Å². The molecule has 1 aliphatic rings. The van der Waals surface area contributed by atoms with Crippen LogP contribution in [0, 0.1) is 25.6 Å². The van der Waals surface area contributed by atoms with E-state index in [4.69, 9.17) is 4.74 Å². The Balaban J connectivity index is 1.32. The maximum absolute atomic E-state index is 14.3. The monoisotopic (exact) mass is 466 g/mol. The van der Waals surface area contributed by atoms with Crippen LogP contribution in [-0.2, 0) is 4.79 Å². The van der Waals surface area contributed by atoms with Crippen LogP contribution in [0.1, 0.15) is 33.2 Å². The predicted molar refractivity (Wildman–Crippen MR) is 120 cm³/mol. The highest BCUT2D eigenvalue weighted by atomic mass is 32.1. The molecule has 11 heteroatoms. The van der Waals surface area contributed by atoms with Gasteiger partial charge in [-0.25, -0.2) is 18.9 Å². The Kier molecular flexibility index (Phi) is 5.25. The SMILES string of the molecule is Cc1nc(C)c(C(=O)Nc2cc(Oc3ccc4nc(NC(=O)C5CC5)cn4n3)ccc2F)s1. The summed E-state index contributed by atoms with van der Waals surface area (Å²) in [5.74, 6) is -0.0670. The molecule has 1 aromatic carbocycles. The van der Waals surface area contributed by atoms with Crippen LogP contribution >= 0.6 is 11.3 Å². The molecule has 9 nitrogen and oxygen atoms in total. The van der Waals surface area contributed by atoms with Gasteiger partial charge in [-0.3, -0.25) is 9.59 Å². The quantitative estimate of drug-likeness (QED) is 0.438. The van der Waals surface area contributed by atoms with E-state index in [0.717, 1.165) is 17.8 Å². The lowest BCUT2D eigenvalue weighted by Gasteiger charge is -2.09. The minimum Gasteiger partial charge on any atom is -0.438 e. The molecule has 0 unspecified atom stereocenters. The zero-order valence-electron chi connectivity index (χ0n) is 17.8. The number of nitrogens with zero attached hydrogens (tertiary/aromatic N) is 4. The Morgan fingerprint density at radius 3 is 2.70 bits per heavy atom. The molecule has 5 rings (SSSR count). The molecule has 1 fully saturated rings. The Labute approximate surface area is 191 Å². The highest BCUT2D eigenvalue weighted by Gasteiger charge is 2.30. The van der Waals surface area contributed by atoms with Crippen LogP contribution in [0.5, 0.6) is 11.6 Å². The van der Waals surface area contributed by atoms with Gasteiger partial charge in [0.25, 0.3) is 5.91 Å². The first-order valence-corrected chi connectivity index (χ1v) is 11.1. The number of hydrogen-bond donors (Lipinski definition) is 2. The lowest BCUT2D eigenvalue weighted by molar-refractivity contribution is -0.117. The van der Waals surface area contributed by atoms with E-state index in [0.29, 0.717) is 22.0 Å². The van der Waals surface area contributed by atoms with Gasteiger partial charge in [0, 0.05) is 18.1 Å². The summed E-state index contributed by atoms with van der Waals surface area (Å²) in [6.07, 6.45) is 3.40. The summed E-state index contributed by atoms with van der Waals surface area (Å²) in [6, 6.07) is 7.33. The molecular formula is C22H19FN6O3S. The summed E-state index contributed by atoms with van der Waals surface area (Å²) in [7, 11) is 0. The highest BCUT2D eigenvalue weighted by Crippen LogP contribution is 2.30. The van der Waals surface area contributed by atoms with Gasteiger partial charge in [0.05, 0.1) is 22.6 Å². The molecule has 1 saturated carbocycles. The van der Waals surface area contributed by atoms with E-state index < -0.39 is 11.7 Å². The van der Waals surface area contributed by atoms with Crippen LogP contribution in [0.4, 0.5) is 15.9 Å². The van der Waals surface area contributed by atoms with Crippen molar-refractivity contribution in [2.75, 3.05) is 10.6 Å². The average molecular weight is 466 g/mol. The fraction of sp³-hybridized carbons (Fsp3) is 0.227. The molecule has 3 heterocycles. The van der Waals surface area contributed by atoms with Crippen LogP contribution < -0.4 is 15.4 Å². The molecule has 2 amide bonds. The summed E-state index contributed by atoms with van der Waals surface area (Å²) in [6.45, 7) is 3.53. The number of hydrogen-bond acceptors (Lipinski definition) is 7. The minimum atomic E-state index is -0.594. The van der Waals surface area contributed by atoms with E-state index in [1.807, 2.05) is 0 Å². The van der Waals surface area contributed by atoms with Gasteiger partial charge in [0.2, 0.25) is 11.8 Å². The fourth-order valence-corrected chi connectivity index (χ4v) is 4.07.